The van der Waals surface area contributed by atoms with Crippen LogP contribution >= 0.6 is 0 Å². The van der Waals surface area contributed by atoms with Gasteiger partial charge < -0.3 is 9.84 Å². The number of rotatable bonds is 5. The first kappa shape index (κ1) is 13.0. The Kier molecular flexibility index (Phi) is 4.52. The van der Waals surface area contributed by atoms with E-state index in [0.717, 1.165) is 16.9 Å². The van der Waals surface area contributed by atoms with E-state index >= 15 is 0 Å². The summed E-state index contributed by atoms with van der Waals surface area (Å²) >= 11 is 0. The minimum absolute atomic E-state index is 0.489. The Morgan fingerprint density at radius 3 is 2.41 bits per heavy atom. The number of benzene rings is 1. The van der Waals surface area contributed by atoms with Gasteiger partial charge in [-0.05, 0) is 42.7 Å². The summed E-state index contributed by atoms with van der Waals surface area (Å²) in [6.45, 7) is 7.90. The van der Waals surface area contributed by atoms with Crippen molar-refractivity contribution in [1.29, 1.82) is 0 Å². The molecule has 17 heavy (non-hydrogen) atoms. The fraction of sp³-hybridized carbons (Fsp3) is 0.214. The van der Waals surface area contributed by atoms with Crippen molar-refractivity contribution < 1.29 is 14.6 Å². The average Bonchev–Trinajstić information content (AvgIpc) is 2.26. The van der Waals surface area contributed by atoms with Crippen molar-refractivity contribution in [3.63, 3.8) is 0 Å². The second-order valence-corrected chi connectivity index (χ2v) is 3.94. The Morgan fingerprint density at radius 1 is 1.35 bits per heavy atom. The molecule has 90 valence electrons. The van der Waals surface area contributed by atoms with Crippen molar-refractivity contribution in [2.24, 2.45) is 0 Å². The quantitative estimate of drug-likeness (QED) is 0.626. The van der Waals surface area contributed by atoms with Crippen LogP contribution in [0.1, 0.15) is 19.4 Å². The molecular formula is C14H16O3. The van der Waals surface area contributed by atoms with Gasteiger partial charge in [0.2, 0.25) is 0 Å². The molecule has 3 heteroatoms. The summed E-state index contributed by atoms with van der Waals surface area (Å²) in [7, 11) is 0. The summed E-state index contributed by atoms with van der Waals surface area (Å²) in [5.74, 6) is -0.190. The Hall–Kier alpha value is -2.03. The molecule has 0 aromatic heterocycles. The van der Waals surface area contributed by atoms with E-state index in [9.17, 15) is 4.79 Å². The molecule has 0 aliphatic carbocycles. The monoisotopic (exact) mass is 232 g/mol. The standard InChI is InChI=1S/C14H16O3/c1-10(2)9-17-13-6-4-12(5-7-13)11(3)8-14(15)16/h4-8H,1,9H2,2-3H3,(H,15,16)/b11-8+. The Balaban J connectivity index is 2.74. The van der Waals surface area contributed by atoms with E-state index in [1.54, 1.807) is 6.92 Å². The highest BCUT2D eigenvalue weighted by atomic mass is 16.5. The minimum atomic E-state index is -0.940. The van der Waals surface area contributed by atoms with Crippen LogP contribution in [0.25, 0.3) is 5.57 Å². The zero-order valence-corrected chi connectivity index (χ0v) is 10.1. The number of carbonyl (C=O) groups is 1. The lowest BCUT2D eigenvalue weighted by Crippen LogP contribution is -1.97. The molecule has 3 nitrogen and oxygen atoms in total. The summed E-state index contributed by atoms with van der Waals surface area (Å²) < 4.78 is 5.45. The molecule has 0 aliphatic rings. The van der Waals surface area contributed by atoms with Gasteiger partial charge in [-0.2, -0.15) is 0 Å². The van der Waals surface area contributed by atoms with Gasteiger partial charge in [0.05, 0.1) is 0 Å². The van der Waals surface area contributed by atoms with E-state index in [-0.39, 0.29) is 0 Å². The van der Waals surface area contributed by atoms with Gasteiger partial charge in [-0.3, -0.25) is 0 Å². The van der Waals surface area contributed by atoms with Crippen LogP contribution in [0.15, 0.2) is 42.5 Å². The molecule has 0 bridgehead atoms. The largest absolute Gasteiger partial charge is 0.489 e. The van der Waals surface area contributed by atoms with Crippen molar-refractivity contribution >= 4 is 11.5 Å². The van der Waals surface area contributed by atoms with Gasteiger partial charge in [-0.15, -0.1) is 0 Å². The lowest BCUT2D eigenvalue weighted by Gasteiger charge is -2.06. The van der Waals surface area contributed by atoms with Crippen molar-refractivity contribution in [3.05, 3.63) is 48.1 Å². The first-order chi connectivity index (χ1) is 7.99. The zero-order chi connectivity index (χ0) is 12.8. The van der Waals surface area contributed by atoms with Crippen molar-refractivity contribution in [3.8, 4) is 5.75 Å². The highest BCUT2D eigenvalue weighted by molar-refractivity contribution is 5.89. The molecule has 0 aliphatic heterocycles. The third-order valence-corrected chi connectivity index (χ3v) is 2.13. The van der Waals surface area contributed by atoms with Crippen LogP contribution in [0.5, 0.6) is 5.75 Å². The average molecular weight is 232 g/mol. The van der Waals surface area contributed by atoms with E-state index < -0.39 is 5.97 Å². The SMILES string of the molecule is C=C(C)COc1ccc(/C(C)=C/C(=O)O)cc1. The minimum Gasteiger partial charge on any atom is -0.489 e. The van der Waals surface area contributed by atoms with Crippen molar-refractivity contribution in [1.82, 2.24) is 0 Å². The molecule has 0 saturated carbocycles. The zero-order valence-electron chi connectivity index (χ0n) is 10.1. The third-order valence-electron chi connectivity index (χ3n) is 2.13. The van der Waals surface area contributed by atoms with Crippen LogP contribution in [0.2, 0.25) is 0 Å². The number of ether oxygens (including phenoxy) is 1. The van der Waals surface area contributed by atoms with Crippen LogP contribution < -0.4 is 4.74 Å². The summed E-state index contributed by atoms with van der Waals surface area (Å²) in [5.41, 5.74) is 2.54. The van der Waals surface area contributed by atoms with Crippen molar-refractivity contribution in [2.45, 2.75) is 13.8 Å². The summed E-state index contributed by atoms with van der Waals surface area (Å²) in [5, 5.41) is 8.63. The maximum atomic E-state index is 10.5. The number of carboxylic acid groups (broad SMARTS) is 1. The maximum absolute atomic E-state index is 10.5. The molecule has 0 heterocycles. The maximum Gasteiger partial charge on any atom is 0.328 e. The van der Waals surface area contributed by atoms with E-state index in [2.05, 4.69) is 6.58 Å². The molecule has 0 saturated heterocycles. The smallest absolute Gasteiger partial charge is 0.328 e. The molecule has 0 radical (unpaired) electrons. The van der Waals surface area contributed by atoms with Gasteiger partial charge in [0.25, 0.3) is 0 Å². The van der Waals surface area contributed by atoms with Gasteiger partial charge >= 0.3 is 5.97 Å². The van der Waals surface area contributed by atoms with Crippen LogP contribution in [0.3, 0.4) is 0 Å². The first-order valence-corrected chi connectivity index (χ1v) is 5.28. The lowest BCUT2D eigenvalue weighted by atomic mass is 10.1. The lowest BCUT2D eigenvalue weighted by molar-refractivity contribution is -0.131. The summed E-state index contributed by atoms with van der Waals surface area (Å²) in [6, 6.07) is 7.31. The fourth-order valence-corrected chi connectivity index (χ4v) is 1.29. The molecule has 0 spiro atoms. The first-order valence-electron chi connectivity index (χ1n) is 5.28. The molecule has 1 aromatic carbocycles. The Labute approximate surface area is 101 Å². The fourth-order valence-electron chi connectivity index (χ4n) is 1.29. The van der Waals surface area contributed by atoms with Gasteiger partial charge in [-0.25, -0.2) is 4.79 Å². The van der Waals surface area contributed by atoms with E-state index in [1.807, 2.05) is 31.2 Å². The Morgan fingerprint density at radius 2 is 1.94 bits per heavy atom. The number of carboxylic acids is 1. The van der Waals surface area contributed by atoms with Crippen LogP contribution in [-0.4, -0.2) is 17.7 Å². The number of hydrogen-bond acceptors (Lipinski definition) is 2. The highest BCUT2D eigenvalue weighted by Crippen LogP contribution is 2.18. The van der Waals surface area contributed by atoms with E-state index in [1.165, 1.54) is 6.08 Å². The van der Waals surface area contributed by atoms with Gasteiger partial charge in [0.15, 0.2) is 0 Å². The van der Waals surface area contributed by atoms with Crippen molar-refractivity contribution in [2.75, 3.05) is 6.61 Å². The van der Waals surface area contributed by atoms with Gasteiger partial charge in [0, 0.05) is 6.08 Å². The molecule has 0 atom stereocenters. The number of hydrogen-bond donors (Lipinski definition) is 1. The van der Waals surface area contributed by atoms with Gasteiger partial charge in [-0.1, -0.05) is 18.7 Å². The highest BCUT2D eigenvalue weighted by Gasteiger charge is 1.99. The summed E-state index contributed by atoms with van der Waals surface area (Å²) in [6.07, 6.45) is 1.18. The van der Waals surface area contributed by atoms with Crippen LogP contribution in [0.4, 0.5) is 0 Å². The van der Waals surface area contributed by atoms with E-state index in [4.69, 9.17) is 9.84 Å². The topological polar surface area (TPSA) is 46.5 Å². The predicted molar refractivity (Wildman–Crippen MR) is 68.0 cm³/mol. The third kappa shape index (κ3) is 4.55. The molecule has 1 N–H and O–H groups in total. The molecule has 0 fully saturated rings. The number of aliphatic carboxylic acids is 1. The molecule has 0 unspecified atom stereocenters. The molecule has 0 amide bonds. The molecule has 1 aromatic rings. The molecular weight excluding hydrogens is 216 g/mol. The molecule has 1 rings (SSSR count). The second kappa shape index (κ2) is 5.89. The Bertz CT molecular complexity index is 441. The normalized spacial score (nSPS) is 11.1. The second-order valence-electron chi connectivity index (χ2n) is 3.94. The summed E-state index contributed by atoms with van der Waals surface area (Å²) in [4.78, 5) is 10.5. The van der Waals surface area contributed by atoms with E-state index in [0.29, 0.717) is 12.2 Å². The predicted octanol–water partition coefficient (Wildman–Crippen LogP) is 3.13. The number of allylic oxidation sites excluding steroid dienone is 1. The van der Waals surface area contributed by atoms with Gasteiger partial charge in [0.1, 0.15) is 12.4 Å². The van der Waals surface area contributed by atoms with Crippen LogP contribution in [-0.2, 0) is 4.79 Å². The van der Waals surface area contributed by atoms with Crippen LogP contribution in [0, 0.1) is 0 Å².